The van der Waals surface area contributed by atoms with Gasteiger partial charge in [-0.3, -0.25) is 9.89 Å². The first-order valence-corrected chi connectivity index (χ1v) is 12.3. The molecule has 0 saturated carbocycles. The minimum Gasteiger partial charge on any atom is -0.494 e. The number of hydrogen-bond acceptors (Lipinski definition) is 7. The van der Waals surface area contributed by atoms with Crippen LogP contribution in [0.25, 0.3) is 0 Å². The van der Waals surface area contributed by atoms with E-state index in [1.165, 1.54) is 22.4 Å². The summed E-state index contributed by atoms with van der Waals surface area (Å²) >= 11 is 1.46. The summed E-state index contributed by atoms with van der Waals surface area (Å²) in [5, 5.41) is 10.1. The molecule has 1 atom stereocenters. The number of amides is 1. The van der Waals surface area contributed by atoms with E-state index in [4.69, 9.17) is 4.74 Å². The lowest BCUT2D eigenvalue weighted by molar-refractivity contribution is -0.125. The number of sulfonamides is 1. The Kier molecular flexibility index (Phi) is 7.73. The summed E-state index contributed by atoms with van der Waals surface area (Å²) in [6.07, 6.45) is 2.76. The van der Waals surface area contributed by atoms with E-state index in [9.17, 15) is 13.2 Å². The number of hydrogen-bond donors (Lipinski definition) is 2. The third kappa shape index (κ3) is 5.52. The largest absolute Gasteiger partial charge is 0.494 e. The summed E-state index contributed by atoms with van der Waals surface area (Å²) in [6, 6.07) is 4.88. The molecule has 3 rings (SSSR count). The van der Waals surface area contributed by atoms with Crippen LogP contribution >= 0.6 is 11.8 Å². The standard InChI is InChI=1S/C19H27N5O4S2/c1-3-28-17-7-6-16(11-14(17)2)30(26,27)24-9-4-5-15(12-24)18(25)20-8-10-29-19-21-13-22-23-19/h6-7,11,13,15H,3-5,8-10,12H2,1-2H3,(H,20,25)(H,21,22,23). The molecular formula is C19H27N5O4S2. The molecule has 1 unspecified atom stereocenters. The van der Waals surface area contributed by atoms with E-state index in [-0.39, 0.29) is 23.3 Å². The fourth-order valence-corrected chi connectivity index (χ4v) is 5.60. The summed E-state index contributed by atoms with van der Waals surface area (Å²) in [5.74, 6) is 0.861. The maximum absolute atomic E-state index is 13.1. The monoisotopic (exact) mass is 453 g/mol. The van der Waals surface area contributed by atoms with E-state index in [0.29, 0.717) is 49.2 Å². The van der Waals surface area contributed by atoms with Gasteiger partial charge < -0.3 is 10.1 Å². The van der Waals surface area contributed by atoms with Crippen LogP contribution in [0.3, 0.4) is 0 Å². The van der Waals surface area contributed by atoms with Gasteiger partial charge >= 0.3 is 0 Å². The van der Waals surface area contributed by atoms with Crippen molar-refractivity contribution in [2.24, 2.45) is 5.92 Å². The molecule has 1 fully saturated rings. The number of carbonyl (C=O) groups is 1. The van der Waals surface area contributed by atoms with Gasteiger partial charge in [0.05, 0.1) is 17.4 Å². The molecule has 1 aliphatic rings. The molecule has 1 aromatic heterocycles. The molecule has 2 heterocycles. The summed E-state index contributed by atoms with van der Waals surface area (Å²) < 4.78 is 33.1. The third-order valence-corrected chi connectivity index (χ3v) is 7.61. The molecule has 11 heteroatoms. The quantitative estimate of drug-likeness (QED) is 0.439. The zero-order chi connectivity index (χ0) is 21.6. The van der Waals surface area contributed by atoms with Crippen LogP contribution in [-0.4, -0.2) is 65.8 Å². The first-order valence-electron chi connectivity index (χ1n) is 9.91. The molecule has 164 valence electrons. The highest BCUT2D eigenvalue weighted by molar-refractivity contribution is 7.99. The highest BCUT2D eigenvalue weighted by Gasteiger charge is 2.33. The van der Waals surface area contributed by atoms with Gasteiger partial charge in [0.2, 0.25) is 15.9 Å². The highest BCUT2D eigenvalue weighted by Crippen LogP contribution is 2.27. The molecule has 9 nitrogen and oxygen atoms in total. The summed E-state index contributed by atoms with van der Waals surface area (Å²) in [6.45, 7) is 5.32. The zero-order valence-corrected chi connectivity index (χ0v) is 18.8. The Balaban J connectivity index is 1.57. The van der Waals surface area contributed by atoms with Gasteiger partial charge in [-0.05, 0) is 50.5 Å². The molecule has 0 bridgehead atoms. The average molecular weight is 454 g/mol. The van der Waals surface area contributed by atoms with E-state index >= 15 is 0 Å². The number of nitrogens with one attached hydrogen (secondary N) is 2. The highest BCUT2D eigenvalue weighted by atomic mass is 32.2. The lowest BCUT2D eigenvalue weighted by Gasteiger charge is -2.31. The molecule has 30 heavy (non-hydrogen) atoms. The van der Waals surface area contributed by atoms with Gasteiger partial charge in [0, 0.05) is 25.4 Å². The van der Waals surface area contributed by atoms with E-state index < -0.39 is 10.0 Å². The number of aromatic amines is 1. The van der Waals surface area contributed by atoms with E-state index in [1.54, 1.807) is 18.2 Å². The fraction of sp³-hybridized carbons (Fsp3) is 0.526. The van der Waals surface area contributed by atoms with Crippen molar-refractivity contribution in [2.75, 3.05) is 32.0 Å². The second-order valence-corrected chi connectivity index (χ2v) is 10.0. The summed E-state index contributed by atoms with van der Waals surface area (Å²) in [5.41, 5.74) is 0.772. The van der Waals surface area contributed by atoms with Crippen LogP contribution in [0.1, 0.15) is 25.3 Å². The number of rotatable bonds is 9. The van der Waals surface area contributed by atoms with Crippen molar-refractivity contribution in [1.29, 1.82) is 0 Å². The van der Waals surface area contributed by atoms with Gasteiger partial charge in [-0.15, -0.1) is 0 Å². The Morgan fingerprint density at radius 3 is 2.97 bits per heavy atom. The van der Waals surface area contributed by atoms with Crippen molar-refractivity contribution in [3.63, 3.8) is 0 Å². The second kappa shape index (κ2) is 10.3. The lowest BCUT2D eigenvalue weighted by atomic mass is 9.99. The summed E-state index contributed by atoms with van der Waals surface area (Å²) in [4.78, 5) is 16.8. The SMILES string of the molecule is CCOc1ccc(S(=O)(=O)N2CCCC(C(=O)NCCSc3ncn[nH]3)C2)cc1C. The van der Waals surface area contributed by atoms with Crippen LogP contribution in [0.5, 0.6) is 5.75 Å². The number of aromatic nitrogens is 3. The first kappa shape index (κ1) is 22.6. The predicted octanol–water partition coefficient (Wildman–Crippen LogP) is 1.82. The molecule has 1 aromatic carbocycles. The van der Waals surface area contributed by atoms with E-state index in [0.717, 1.165) is 5.56 Å². The van der Waals surface area contributed by atoms with Crippen LogP contribution < -0.4 is 10.1 Å². The molecule has 0 radical (unpaired) electrons. The van der Waals surface area contributed by atoms with Crippen molar-refractivity contribution in [3.8, 4) is 5.75 Å². The van der Waals surface area contributed by atoms with Crippen molar-refractivity contribution >= 4 is 27.7 Å². The Hall–Kier alpha value is -2.11. The maximum Gasteiger partial charge on any atom is 0.243 e. The third-order valence-electron chi connectivity index (χ3n) is 4.87. The normalized spacial score (nSPS) is 17.6. The van der Waals surface area contributed by atoms with Crippen molar-refractivity contribution in [1.82, 2.24) is 24.8 Å². The van der Waals surface area contributed by atoms with Gasteiger partial charge in [-0.1, -0.05) is 11.8 Å². The second-order valence-electron chi connectivity index (χ2n) is 6.99. The van der Waals surface area contributed by atoms with Gasteiger partial charge in [0.1, 0.15) is 12.1 Å². The molecule has 2 N–H and O–H groups in total. The number of aryl methyl sites for hydroxylation is 1. The van der Waals surface area contributed by atoms with Crippen LogP contribution in [0, 0.1) is 12.8 Å². The smallest absolute Gasteiger partial charge is 0.243 e. The molecule has 1 saturated heterocycles. The zero-order valence-electron chi connectivity index (χ0n) is 17.1. The van der Waals surface area contributed by atoms with Crippen LogP contribution in [0.4, 0.5) is 0 Å². The lowest BCUT2D eigenvalue weighted by Crippen LogP contribution is -2.45. The summed E-state index contributed by atoms with van der Waals surface area (Å²) in [7, 11) is -3.66. The molecule has 1 amide bonds. The number of H-pyrrole nitrogens is 1. The van der Waals surface area contributed by atoms with Crippen molar-refractivity contribution in [2.45, 2.75) is 36.7 Å². The Bertz CT molecular complexity index is 950. The minimum absolute atomic E-state index is 0.115. The molecule has 1 aliphatic heterocycles. The van der Waals surface area contributed by atoms with Crippen LogP contribution in [-0.2, 0) is 14.8 Å². The number of benzene rings is 1. The van der Waals surface area contributed by atoms with Crippen molar-refractivity contribution in [3.05, 3.63) is 30.1 Å². The Morgan fingerprint density at radius 1 is 1.43 bits per heavy atom. The Labute approximate surface area is 181 Å². The number of thioether (sulfide) groups is 1. The van der Waals surface area contributed by atoms with E-state index in [2.05, 4.69) is 20.5 Å². The molecular weight excluding hydrogens is 426 g/mol. The van der Waals surface area contributed by atoms with Crippen molar-refractivity contribution < 1.29 is 17.9 Å². The average Bonchev–Trinajstić information content (AvgIpc) is 3.26. The molecule has 2 aromatic rings. The molecule has 0 aliphatic carbocycles. The topological polar surface area (TPSA) is 117 Å². The number of ether oxygens (including phenoxy) is 1. The van der Waals surface area contributed by atoms with Crippen LogP contribution in [0.15, 0.2) is 34.6 Å². The Morgan fingerprint density at radius 2 is 2.27 bits per heavy atom. The number of nitrogens with zero attached hydrogens (tertiary/aromatic N) is 3. The fourth-order valence-electron chi connectivity index (χ4n) is 3.35. The predicted molar refractivity (Wildman–Crippen MR) is 114 cm³/mol. The minimum atomic E-state index is -3.66. The van der Waals surface area contributed by atoms with Crippen LogP contribution in [0.2, 0.25) is 0 Å². The number of piperidine rings is 1. The number of carbonyl (C=O) groups excluding carboxylic acids is 1. The van der Waals surface area contributed by atoms with Gasteiger partial charge in [-0.25, -0.2) is 13.4 Å². The van der Waals surface area contributed by atoms with Gasteiger partial charge in [-0.2, -0.15) is 9.40 Å². The van der Waals surface area contributed by atoms with Gasteiger partial charge in [0.15, 0.2) is 5.16 Å². The van der Waals surface area contributed by atoms with E-state index in [1.807, 2.05) is 13.8 Å². The molecule has 0 spiro atoms. The first-order chi connectivity index (χ1) is 14.4. The van der Waals surface area contributed by atoms with Gasteiger partial charge in [0.25, 0.3) is 0 Å². The maximum atomic E-state index is 13.1.